The van der Waals surface area contributed by atoms with Gasteiger partial charge in [-0.05, 0) is 31.4 Å². The maximum atomic E-state index is 6.41. The summed E-state index contributed by atoms with van der Waals surface area (Å²) >= 11 is 0. The number of rotatable bonds is 1. The molecule has 4 rings (SSSR count). The minimum absolute atomic E-state index is 0.128. The molecule has 0 saturated carbocycles. The van der Waals surface area contributed by atoms with Crippen molar-refractivity contribution in [2.24, 2.45) is 5.73 Å². The van der Waals surface area contributed by atoms with E-state index >= 15 is 0 Å². The highest BCUT2D eigenvalue weighted by molar-refractivity contribution is 5.53. The van der Waals surface area contributed by atoms with Gasteiger partial charge in [0.1, 0.15) is 11.5 Å². The molecule has 1 saturated heterocycles. The highest BCUT2D eigenvalue weighted by atomic mass is 16.5. The summed E-state index contributed by atoms with van der Waals surface area (Å²) in [5.41, 5.74) is 8.87. The van der Waals surface area contributed by atoms with E-state index in [4.69, 9.17) is 10.5 Å². The summed E-state index contributed by atoms with van der Waals surface area (Å²) in [7, 11) is 0. The number of hydrogen-bond acceptors (Lipinski definition) is 3. The van der Waals surface area contributed by atoms with Gasteiger partial charge in [0.15, 0.2) is 0 Å². The first-order valence-electron chi connectivity index (χ1n) is 7.71. The van der Waals surface area contributed by atoms with Gasteiger partial charge in [0.25, 0.3) is 0 Å². The third kappa shape index (κ3) is 2.13. The molecular weight excluding hydrogens is 260 g/mol. The third-order valence-corrected chi connectivity index (χ3v) is 4.57. The summed E-state index contributed by atoms with van der Waals surface area (Å²) < 4.78 is 6.07. The topological polar surface area (TPSA) is 38.5 Å². The fourth-order valence-corrected chi connectivity index (χ4v) is 3.54. The minimum atomic E-state index is 0.128. The van der Waals surface area contributed by atoms with Gasteiger partial charge >= 0.3 is 0 Å². The minimum Gasteiger partial charge on any atom is -0.457 e. The molecule has 3 heteroatoms. The quantitative estimate of drug-likeness (QED) is 0.866. The molecule has 2 N–H and O–H groups in total. The molecule has 1 unspecified atom stereocenters. The van der Waals surface area contributed by atoms with Crippen molar-refractivity contribution < 1.29 is 4.74 Å². The Balaban J connectivity index is 1.85. The summed E-state index contributed by atoms with van der Waals surface area (Å²) in [6.45, 7) is 1.05. The molecule has 0 aromatic heterocycles. The predicted octanol–water partition coefficient (Wildman–Crippen LogP) is 3.65. The van der Waals surface area contributed by atoms with Crippen LogP contribution in [-0.2, 0) is 0 Å². The van der Waals surface area contributed by atoms with Crippen LogP contribution in [0.3, 0.4) is 0 Å². The summed E-state index contributed by atoms with van der Waals surface area (Å²) in [6.07, 6.45) is 3.64. The molecular formula is C18H20N2O. The summed E-state index contributed by atoms with van der Waals surface area (Å²) in [4.78, 5) is 2.43. The number of likely N-dealkylation sites (tertiary alicyclic amines) is 1. The average molecular weight is 280 g/mol. The van der Waals surface area contributed by atoms with Gasteiger partial charge in [-0.3, -0.25) is 4.90 Å². The van der Waals surface area contributed by atoms with Crippen molar-refractivity contribution in [3.05, 3.63) is 59.7 Å². The lowest BCUT2D eigenvalue weighted by Crippen LogP contribution is -2.48. The number of hydrogen-bond donors (Lipinski definition) is 1. The smallest absolute Gasteiger partial charge is 0.132 e. The maximum absolute atomic E-state index is 6.41. The zero-order valence-electron chi connectivity index (χ0n) is 12.0. The Morgan fingerprint density at radius 2 is 1.52 bits per heavy atom. The number of nitrogens with two attached hydrogens (primary N) is 1. The van der Waals surface area contributed by atoms with Crippen molar-refractivity contribution in [1.29, 1.82) is 0 Å². The highest BCUT2D eigenvalue weighted by Crippen LogP contribution is 2.46. The molecule has 1 fully saturated rings. The predicted molar refractivity (Wildman–Crippen MR) is 83.3 cm³/mol. The van der Waals surface area contributed by atoms with Gasteiger partial charge in [-0.2, -0.15) is 0 Å². The van der Waals surface area contributed by atoms with Crippen molar-refractivity contribution in [3.8, 4) is 11.5 Å². The van der Waals surface area contributed by atoms with Gasteiger partial charge in [0.05, 0.1) is 12.2 Å². The van der Waals surface area contributed by atoms with Gasteiger partial charge in [0, 0.05) is 17.7 Å². The molecule has 1 atom stereocenters. The van der Waals surface area contributed by atoms with Gasteiger partial charge < -0.3 is 10.5 Å². The van der Waals surface area contributed by atoms with Gasteiger partial charge in [-0.25, -0.2) is 0 Å². The Morgan fingerprint density at radius 3 is 2.14 bits per heavy atom. The fraction of sp³-hybridized carbons (Fsp3) is 0.333. The van der Waals surface area contributed by atoms with Crippen LogP contribution in [0.15, 0.2) is 48.5 Å². The standard InChI is InChI=1S/C18H20N2O/c19-17-11-5-6-12-20(17)18-13-7-1-3-9-15(13)21-16-10-4-2-8-14(16)18/h1-4,7-10,17-18H,5-6,11-12,19H2. The second-order valence-electron chi connectivity index (χ2n) is 5.88. The first kappa shape index (κ1) is 12.9. The molecule has 2 aliphatic heterocycles. The summed E-state index contributed by atoms with van der Waals surface area (Å²) in [6, 6.07) is 16.9. The van der Waals surface area contributed by atoms with Crippen LogP contribution in [0.25, 0.3) is 0 Å². The summed E-state index contributed by atoms with van der Waals surface area (Å²) in [5, 5.41) is 0. The molecule has 0 aliphatic carbocycles. The van der Waals surface area contributed by atoms with Crippen LogP contribution in [0.4, 0.5) is 0 Å². The van der Waals surface area contributed by atoms with Crippen molar-refractivity contribution in [2.75, 3.05) is 6.54 Å². The van der Waals surface area contributed by atoms with E-state index in [-0.39, 0.29) is 12.2 Å². The molecule has 2 heterocycles. The van der Waals surface area contributed by atoms with Gasteiger partial charge in [0.2, 0.25) is 0 Å². The van der Waals surface area contributed by atoms with Crippen LogP contribution < -0.4 is 10.5 Å². The molecule has 2 aromatic carbocycles. The monoisotopic (exact) mass is 280 g/mol. The highest BCUT2D eigenvalue weighted by Gasteiger charge is 2.34. The number of para-hydroxylation sites is 2. The van der Waals surface area contributed by atoms with Crippen molar-refractivity contribution >= 4 is 0 Å². The molecule has 21 heavy (non-hydrogen) atoms. The average Bonchev–Trinajstić information content (AvgIpc) is 2.53. The molecule has 108 valence electrons. The van der Waals surface area contributed by atoms with Gasteiger partial charge in [-0.1, -0.05) is 36.4 Å². The second kappa shape index (κ2) is 5.17. The molecule has 0 bridgehead atoms. The van der Waals surface area contributed by atoms with Crippen LogP contribution in [0.1, 0.15) is 36.4 Å². The Kier molecular flexibility index (Phi) is 3.17. The number of ether oxygens (including phenoxy) is 1. The van der Waals surface area contributed by atoms with E-state index in [1.165, 1.54) is 24.0 Å². The normalized spacial score (nSPS) is 22.2. The van der Waals surface area contributed by atoms with E-state index in [9.17, 15) is 0 Å². The van der Waals surface area contributed by atoms with E-state index in [1.807, 2.05) is 24.3 Å². The van der Waals surface area contributed by atoms with Crippen molar-refractivity contribution in [3.63, 3.8) is 0 Å². The van der Waals surface area contributed by atoms with E-state index in [0.717, 1.165) is 24.5 Å². The molecule has 2 aliphatic rings. The van der Waals surface area contributed by atoms with Crippen molar-refractivity contribution in [1.82, 2.24) is 4.90 Å². The van der Waals surface area contributed by atoms with Crippen LogP contribution in [0.5, 0.6) is 11.5 Å². The lowest BCUT2D eigenvalue weighted by atomic mass is 9.91. The lowest BCUT2D eigenvalue weighted by molar-refractivity contribution is 0.111. The Labute approximate surface area is 125 Å². The Morgan fingerprint density at radius 1 is 0.905 bits per heavy atom. The number of nitrogens with zero attached hydrogens (tertiary/aromatic N) is 1. The molecule has 0 amide bonds. The largest absolute Gasteiger partial charge is 0.457 e. The third-order valence-electron chi connectivity index (χ3n) is 4.57. The number of fused-ring (bicyclic) bond motifs is 2. The van der Waals surface area contributed by atoms with Crippen LogP contribution >= 0.6 is 0 Å². The van der Waals surface area contributed by atoms with E-state index in [0.29, 0.717) is 0 Å². The second-order valence-corrected chi connectivity index (χ2v) is 5.88. The van der Waals surface area contributed by atoms with E-state index in [1.54, 1.807) is 0 Å². The number of benzene rings is 2. The SMILES string of the molecule is NC1CCCCN1C1c2ccccc2Oc2ccccc21. The number of piperidine rings is 1. The lowest BCUT2D eigenvalue weighted by Gasteiger charge is -2.42. The first-order chi connectivity index (χ1) is 10.3. The van der Waals surface area contributed by atoms with Gasteiger partial charge in [-0.15, -0.1) is 0 Å². The Hall–Kier alpha value is -1.84. The van der Waals surface area contributed by atoms with Crippen LogP contribution in [0, 0.1) is 0 Å². The molecule has 2 aromatic rings. The summed E-state index contributed by atoms with van der Waals surface area (Å²) in [5.74, 6) is 1.91. The van der Waals surface area contributed by atoms with Crippen LogP contribution in [-0.4, -0.2) is 17.6 Å². The first-order valence-corrected chi connectivity index (χ1v) is 7.71. The van der Waals surface area contributed by atoms with E-state index in [2.05, 4.69) is 29.2 Å². The zero-order chi connectivity index (χ0) is 14.2. The molecule has 0 spiro atoms. The van der Waals surface area contributed by atoms with E-state index < -0.39 is 0 Å². The molecule has 0 radical (unpaired) electrons. The van der Waals surface area contributed by atoms with Crippen LogP contribution in [0.2, 0.25) is 0 Å². The van der Waals surface area contributed by atoms with Crippen molar-refractivity contribution in [2.45, 2.75) is 31.5 Å². The maximum Gasteiger partial charge on any atom is 0.132 e. The Bertz CT molecular complexity index is 610. The molecule has 3 nitrogen and oxygen atoms in total. The zero-order valence-corrected chi connectivity index (χ0v) is 12.0. The fourth-order valence-electron chi connectivity index (χ4n) is 3.54.